The van der Waals surface area contributed by atoms with Crippen molar-refractivity contribution >= 4 is 44.9 Å². The van der Waals surface area contributed by atoms with Gasteiger partial charge in [-0.2, -0.15) is 0 Å². The molecule has 0 spiro atoms. The molecule has 2 nitrogen and oxygen atoms in total. The van der Waals surface area contributed by atoms with Crippen molar-refractivity contribution < 1.29 is 0 Å². The molecule has 0 N–H and O–H groups in total. The number of nitrogens with zero attached hydrogens (tertiary/aromatic N) is 2. The Morgan fingerprint density at radius 2 is 0.903 bits per heavy atom. The van der Waals surface area contributed by atoms with Crippen LogP contribution < -0.4 is 9.80 Å². The van der Waals surface area contributed by atoms with Gasteiger partial charge in [-0.3, -0.25) is 0 Å². The molecule has 0 aromatic heterocycles. The molecule has 0 atom stereocenters. The highest BCUT2D eigenvalue weighted by molar-refractivity contribution is 5.99. The lowest BCUT2D eigenvalue weighted by molar-refractivity contribution is 0.598. The van der Waals surface area contributed by atoms with Gasteiger partial charge in [-0.15, -0.1) is 0 Å². The molecule has 0 radical (unpaired) electrons. The molecule has 0 bridgehead atoms. The number of aryl methyl sites for hydroxylation is 2. The molecule has 2 aliphatic rings. The van der Waals surface area contributed by atoms with Gasteiger partial charge in [-0.05, 0) is 141 Å². The highest BCUT2D eigenvalue weighted by Crippen LogP contribution is 2.60. The number of benzene rings is 9. The van der Waals surface area contributed by atoms with Gasteiger partial charge in [-0.25, -0.2) is 0 Å². The van der Waals surface area contributed by atoms with Gasteiger partial charge in [0.15, 0.2) is 0 Å². The second kappa shape index (κ2) is 14.2. The Hall–Kier alpha value is -7.16. The second-order valence-electron chi connectivity index (χ2n) is 18.3. The summed E-state index contributed by atoms with van der Waals surface area (Å²) in [4.78, 5) is 4.95. The van der Waals surface area contributed by atoms with Crippen molar-refractivity contribution in [2.24, 2.45) is 0 Å². The van der Waals surface area contributed by atoms with E-state index in [0.717, 1.165) is 17.1 Å². The van der Waals surface area contributed by atoms with E-state index >= 15 is 0 Å². The van der Waals surface area contributed by atoms with Gasteiger partial charge in [-0.1, -0.05) is 167 Å². The molecular formula is C60H50N2. The zero-order valence-corrected chi connectivity index (χ0v) is 36.4. The monoisotopic (exact) mass is 798 g/mol. The van der Waals surface area contributed by atoms with E-state index in [4.69, 9.17) is 0 Å². The van der Waals surface area contributed by atoms with Crippen LogP contribution >= 0.6 is 0 Å². The summed E-state index contributed by atoms with van der Waals surface area (Å²) in [7, 11) is 0. The van der Waals surface area contributed by atoms with Crippen LogP contribution in [0.3, 0.4) is 0 Å². The molecule has 300 valence electrons. The molecule has 2 heteroatoms. The van der Waals surface area contributed by atoms with Crippen molar-refractivity contribution in [1.82, 2.24) is 0 Å². The van der Waals surface area contributed by atoms with Gasteiger partial charge in [0.2, 0.25) is 0 Å². The Balaban J connectivity index is 0.995. The third-order valence-corrected chi connectivity index (χ3v) is 13.9. The number of fused-ring (bicyclic) bond motifs is 5. The number of hydrogen-bond acceptors (Lipinski definition) is 2. The summed E-state index contributed by atoms with van der Waals surface area (Å²) in [6, 6.07) is 71.9. The lowest BCUT2D eigenvalue weighted by Gasteiger charge is -2.49. The molecule has 0 amide bonds. The zero-order valence-electron chi connectivity index (χ0n) is 36.4. The number of para-hydroxylation sites is 2. The molecule has 0 saturated heterocycles. The summed E-state index contributed by atoms with van der Waals surface area (Å²) in [6.07, 6.45) is 0. The van der Waals surface area contributed by atoms with Crippen molar-refractivity contribution in [3.8, 4) is 33.4 Å². The average molecular weight is 799 g/mol. The standard InChI is InChI=1S/C60H50N2/c1-39-35-44(45-37-53-58-54(38-45)60(5,6)52-23-13-15-25-57(52)62(58)56-24-14-12-22-51(56)59(53,3)4)29-33-48(39)49-34-32-47(36-40(49)2)61(55-26-16-20-43-19-10-11-21-50(43)55)46-30-27-42(28-31-46)41-17-8-7-9-18-41/h7-38H,1-6H3. The Bertz CT molecular complexity index is 3120. The van der Waals surface area contributed by atoms with E-state index in [-0.39, 0.29) is 10.8 Å². The molecule has 9 aromatic rings. The van der Waals surface area contributed by atoms with Gasteiger partial charge < -0.3 is 9.80 Å². The minimum Gasteiger partial charge on any atom is -0.310 e. The predicted molar refractivity (Wildman–Crippen MR) is 263 cm³/mol. The van der Waals surface area contributed by atoms with Crippen LogP contribution in [0, 0.1) is 13.8 Å². The fourth-order valence-corrected chi connectivity index (χ4v) is 10.5. The fourth-order valence-electron chi connectivity index (χ4n) is 10.5. The van der Waals surface area contributed by atoms with Gasteiger partial charge >= 0.3 is 0 Å². The molecule has 0 aliphatic carbocycles. The fraction of sp³-hybridized carbons (Fsp3) is 0.133. The lowest BCUT2D eigenvalue weighted by Crippen LogP contribution is -2.38. The molecule has 62 heavy (non-hydrogen) atoms. The van der Waals surface area contributed by atoms with E-state index in [2.05, 4.69) is 245 Å². The van der Waals surface area contributed by atoms with E-state index < -0.39 is 0 Å². The van der Waals surface area contributed by atoms with Crippen molar-refractivity contribution in [2.75, 3.05) is 9.80 Å². The summed E-state index contributed by atoms with van der Waals surface area (Å²) in [5, 5.41) is 2.45. The zero-order chi connectivity index (χ0) is 42.3. The Kier molecular flexibility index (Phi) is 8.67. The third-order valence-electron chi connectivity index (χ3n) is 13.9. The van der Waals surface area contributed by atoms with Crippen LogP contribution in [0.15, 0.2) is 194 Å². The highest BCUT2D eigenvalue weighted by atomic mass is 15.2. The molecule has 0 unspecified atom stereocenters. The summed E-state index contributed by atoms with van der Waals surface area (Å²) >= 11 is 0. The molecule has 11 rings (SSSR count). The quantitative estimate of drug-likeness (QED) is 0.165. The molecule has 0 fully saturated rings. The number of rotatable bonds is 6. The van der Waals surface area contributed by atoms with E-state index in [1.165, 1.54) is 94.6 Å². The largest absolute Gasteiger partial charge is 0.310 e. The summed E-state index contributed by atoms with van der Waals surface area (Å²) in [6.45, 7) is 14.1. The van der Waals surface area contributed by atoms with Crippen molar-refractivity contribution in [2.45, 2.75) is 52.4 Å². The molecule has 2 heterocycles. The van der Waals surface area contributed by atoms with Crippen LogP contribution in [0.5, 0.6) is 0 Å². The first-order valence-electron chi connectivity index (χ1n) is 21.9. The van der Waals surface area contributed by atoms with E-state index in [9.17, 15) is 0 Å². The maximum atomic E-state index is 2.54. The van der Waals surface area contributed by atoms with Gasteiger partial charge in [0.25, 0.3) is 0 Å². The lowest BCUT2D eigenvalue weighted by atomic mass is 9.65. The van der Waals surface area contributed by atoms with E-state index in [1.807, 2.05) is 0 Å². The average Bonchev–Trinajstić information content (AvgIpc) is 3.30. The first-order valence-corrected chi connectivity index (χ1v) is 21.9. The highest BCUT2D eigenvalue weighted by Gasteiger charge is 2.45. The predicted octanol–water partition coefficient (Wildman–Crippen LogP) is 16.7. The van der Waals surface area contributed by atoms with Crippen LogP contribution in [0.4, 0.5) is 34.1 Å². The summed E-state index contributed by atoms with van der Waals surface area (Å²) < 4.78 is 0. The Morgan fingerprint density at radius 3 is 1.55 bits per heavy atom. The minimum atomic E-state index is -0.173. The first kappa shape index (κ1) is 37.8. The Labute approximate surface area is 366 Å². The maximum Gasteiger partial charge on any atom is 0.0544 e. The summed E-state index contributed by atoms with van der Waals surface area (Å²) in [5.41, 5.74) is 22.4. The van der Waals surface area contributed by atoms with E-state index in [1.54, 1.807) is 0 Å². The van der Waals surface area contributed by atoms with Gasteiger partial charge in [0, 0.05) is 27.6 Å². The molecule has 2 aliphatic heterocycles. The maximum absolute atomic E-state index is 2.54. The summed E-state index contributed by atoms with van der Waals surface area (Å²) in [5.74, 6) is 0. The van der Waals surface area contributed by atoms with Gasteiger partial charge in [0.1, 0.15) is 0 Å². The smallest absolute Gasteiger partial charge is 0.0544 e. The molecular weight excluding hydrogens is 749 g/mol. The van der Waals surface area contributed by atoms with Crippen molar-refractivity contribution in [1.29, 1.82) is 0 Å². The van der Waals surface area contributed by atoms with Gasteiger partial charge in [0.05, 0.1) is 22.7 Å². The molecule has 9 aromatic carbocycles. The van der Waals surface area contributed by atoms with Crippen molar-refractivity contribution in [3.05, 3.63) is 228 Å². The van der Waals surface area contributed by atoms with Crippen LogP contribution in [-0.4, -0.2) is 0 Å². The van der Waals surface area contributed by atoms with Crippen molar-refractivity contribution in [3.63, 3.8) is 0 Å². The normalized spacial score (nSPS) is 14.2. The number of hydrogen-bond donors (Lipinski definition) is 0. The Morgan fingerprint density at radius 1 is 0.387 bits per heavy atom. The second-order valence-corrected chi connectivity index (χ2v) is 18.3. The van der Waals surface area contributed by atoms with Crippen LogP contribution in [0.1, 0.15) is 61.1 Å². The van der Waals surface area contributed by atoms with Crippen LogP contribution in [-0.2, 0) is 10.8 Å². The number of anilines is 6. The SMILES string of the molecule is Cc1cc(-c2cc3c4c(c2)C(C)(C)c2ccccc2N4c2ccccc2C3(C)C)ccc1-c1ccc(N(c2ccc(-c3ccccc3)cc2)c2cccc3ccccc23)cc1C. The first-order chi connectivity index (χ1) is 30.1. The topological polar surface area (TPSA) is 6.48 Å². The molecule has 0 saturated carbocycles. The van der Waals surface area contributed by atoms with Crippen LogP contribution in [0.25, 0.3) is 44.2 Å². The van der Waals surface area contributed by atoms with Crippen LogP contribution in [0.2, 0.25) is 0 Å². The minimum absolute atomic E-state index is 0.173. The van der Waals surface area contributed by atoms with E-state index in [0.29, 0.717) is 0 Å². The third kappa shape index (κ3) is 5.85.